The Morgan fingerprint density at radius 1 is 0.711 bits per heavy atom. The predicted molar refractivity (Wildman–Crippen MR) is 157 cm³/mol. The van der Waals surface area contributed by atoms with Crippen LogP contribution >= 0.6 is 0 Å². The van der Waals surface area contributed by atoms with Gasteiger partial charge in [-0.2, -0.15) is 0 Å². The van der Waals surface area contributed by atoms with Crippen LogP contribution in [0.25, 0.3) is 50.3 Å². The molecule has 1 aliphatic rings. The highest BCUT2D eigenvalue weighted by Gasteiger charge is 2.21. The second kappa shape index (κ2) is 9.33. The zero-order valence-corrected chi connectivity index (χ0v) is 22.1. The number of furan rings is 1. The average molecular weight is 497 g/mol. The molecule has 6 aromatic rings. The predicted octanol–water partition coefficient (Wildman–Crippen LogP) is 9.77. The van der Waals surface area contributed by atoms with E-state index in [-0.39, 0.29) is 0 Å². The molecule has 0 aliphatic heterocycles. The largest absolute Gasteiger partial charge is 0.456 e. The van der Waals surface area contributed by atoms with Gasteiger partial charge >= 0.3 is 0 Å². The Labute approximate surface area is 223 Å². The first-order valence-corrected chi connectivity index (χ1v) is 13.8. The van der Waals surface area contributed by atoms with Crippen LogP contribution in [-0.2, 0) is 0 Å². The molecule has 188 valence electrons. The zero-order valence-electron chi connectivity index (χ0n) is 22.1. The molecule has 0 amide bonds. The number of imidazole rings is 1. The van der Waals surface area contributed by atoms with E-state index < -0.39 is 0 Å². The van der Waals surface area contributed by atoms with Crippen molar-refractivity contribution in [2.45, 2.75) is 51.9 Å². The van der Waals surface area contributed by atoms with Gasteiger partial charge in [0.2, 0.25) is 0 Å². The minimum absolute atomic E-state index is 0.693. The average Bonchev–Trinajstić information content (AvgIpc) is 3.55. The van der Waals surface area contributed by atoms with Crippen LogP contribution in [0.3, 0.4) is 0 Å². The Morgan fingerprint density at radius 2 is 1.42 bits per heavy atom. The molecule has 3 nitrogen and oxygen atoms in total. The Hall–Kier alpha value is -4.11. The molecule has 1 saturated carbocycles. The summed E-state index contributed by atoms with van der Waals surface area (Å²) in [4.78, 5) is 5.23. The van der Waals surface area contributed by atoms with E-state index in [0.717, 1.165) is 44.6 Å². The third kappa shape index (κ3) is 3.94. The molecule has 4 aromatic carbocycles. The first kappa shape index (κ1) is 23.0. The van der Waals surface area contributed by atoms with Crippen molar-refractivity contribution >= 4 is 21.9 Å². The van der Waals surface area contributed by atoms with Crippen molar-refractivity contribution in [3.8, 4) is 28.3 Å². The third-order valence-electron chi connectivity index (χ3n) is 8.24. The van der Waals surface area contributed by atoms with Gasteiger partial charge in [0.05, 0.1) is 11.4 Å². The lowest BCUT2D eigenvalue weighted by molar-refractivity contribution is 0.443. The van der Waals surface area contributed by atoms with Gasteiger partial charge in [-0.3, -0.25) is 4.57 Å². The number of para-hydroxylation sites is 1. The molecule has 1 fully saturated rings. The van der Waals surface area contributed by atoms with Crippen LogP contribution in [-0.4, -0.2) is 9.55 Å². The van der Waals surface area contributed by atoms with Crippen molar-refractivity contribution in [3.63, 3.8) is 0 Å². The molecule has 0 N–H and O–H groups in total. The maximum Gasteiger partial charge on any atom is 0.145 e. The number of benzene rings is 4. The summed E-state index contributed by atoms with van der Waals surface area (Å²) in [5, 5.41) is 2.26. The van der Waals surface area contributed by atoms with Crippen molar-refractivity contribution in [1.82, 2.24) is 9.55 Å². The molecule has 2 aromatic heterocycles. The fourth-order valence-electron chi connectivity index (χ4n) is 6.41. The topological polar surface area (TPSA) is 31.0 Å². The van der Waals surface area contributed by atoms with Crippen molar-refractivity contribution < 1.29 is 4.42 Å². The summed E-state index contributed by atoms with van der Waals surface area (Å²) in [6, 6.07) is 30.0. The summed E-state index contributed by atoms with van der Waals surface area (Å²) in [6.45, 7) is 4.51. The first-order chi connectivity index (χ1) is 18.7. The van der Waals surface area contributed by atoms with Crippen LogP contribution in [0, 0.1) is 13.8 Å². The van der Waals surface area contributed by atoms with E-state index in [9.17, 15) is 0 Å². The zero-order chi connectivity index (χ0) is 25.6. The highest BCUT2D eigenvalue weighted by molar-refractivity contribution is 6.06. The maximum atomic E-state index is 6.08. The van der Waals surface area contributed by atoms with Gasteiger partial charge in [-0.1, -0.05) is 79.9 Å². The fraction of sp³-hybridized carbons (Fsp3) is 0.229. The SMILES string of the molecule is Cc1cc(C2CCCCC2)cc(C)c1-n1cc(-c2ccc3oc4ccccc4c3c2)nc1-c1ccccc1. The molecule has 2 heterocycles. The van der Waals surface area contributed by atoms with Crippen LogP contribution in [0.15, 0.2) is 95.5 Å². The summed E-state index contributed by atoms with van der Waals surface area (Å²) < 4.78 is 8.38. The smallest absolute Gasteiger partial charge is 0.145 e. The van der Waals surface area contributed by atoms with Crippen LogP contribution in [0.1, 0.15) is 54.7 Å². The molecule has 0 saturated heterocycles. The fourth-order valence-corrected chi connectivity index (χ4v) is 6.41. The Morgan fingerprint density at radius 3 is 2.21 bits per heavy atom. The number of fused-ring (bicyclic) bond motifs is 3. The summed E-state index contributed by atoms with van der Waals surface area (Å²) in [5.41, 5.74) is 10.3. The van der Waals surface area contributed by atoms with Gasteiger partial charge in [-0.25, -0.2) is 4.98 Å². The van der Waals surface area contributed by atoms with E-state index in [4.69, 9.17) is 9.40 Å². The van der Waals surface area contributed by atoms with Gasteiger partial charge in [-0.05, 0) is 73.6 Å². The Bertz CT molecular complexity index is 1740. The van der Waals surface area contributed by atoms with Crippen molar-refractivity contribution in [1.29, 1.82) is 0 Å². The summed E-state index contributed by atoms with van der Waals surface area (Å²) in [5.74, 6) is 1.66. The van der Waals surface area contributed by atoms with Crippen LogP contribution in [0.5, 0.6) is 0 Å². The van der Waals surface area contributed by atoms with E-state index >= 15 is 0 Å². The minimum atomic E-state index is 0.693. The quantitative estimate of drug-likeness (QED) is 0.243. The molecule has 0 bridgehead atoms. The lowest BCUT2D eigenvalue weighted by Gasteiger charge is -2.24. The Kier molecular flexibility index (Phi) is 5.65. The molecule has 1 aliphatic carbocycles. The van der Waals surface area contributed by atoms with E-state index in [0.29, 0.717) is 5.92 Å². The van der Waals surface area contributed by atoms with E-state index in [1.54, 1.807) is 0 Å². The number of hydrogen-bond donors (Lipinski definition) is 0. The van der Waals surface area contributed by atoms with Crippen molar-refractivity contribution in [2.24, 2.45) is 0 Å². The number of rotatable bonds is 4. The van der Waals surface area contributed by atoms with Crippen LogP contribution in [0.4, 0.5) is 0 Å². The molecule has 7 rings (SSSR count). The van der Waals surface area contributed by atoms with Gasteiger partial charge in [0.15, 0.2) is 0 Å². The highest BCUT2D eigenvalue weighted by atomic mass is 16.3. The normalized spacial score (nSPS) is 14.5. The third-order valence-corrected chi connectivity index (χ3v) is 8.24. The van der Waals surface area contributed by atoms with Gasteiger partial charge < -0.3 is 4.42 Å². The van der Waals surface area contributed by atoms with Gasteiger partial charge in [0.25, 0.3) is 0 Å². The number of hydrogen-bond acceptors (Lipinski definition) is 2. The van der Waals surface area contributed by atoms with Gasteiger partial charge in [0.1, 0.15) is 17.0 Å². The summed E-state index contributed by atoms with van der Waals surface area (Å²) >= 11 is 0. The molecular weight excluding hydrogens is 464 g/mol. The first-order valence-electron chi connectivity index (χ1n) is 13.8. The highest BCUT2D eigenvalue weighted by Crippen LogP contribution is 2.38. The molecule has 0 spiro atoms. The lowest BCUT2D eigenvalue weighted by atomic mass is 9.83. The van der Waals surface area contributed by atoms with Gasteiger partial charge in [-0.15, -0.1) is 0 Å². The van der Waals surface area contributed by atoms with Crippen molar-refractivity contribution in [3.05, 3.63) is 108 Å². The van der Waals surface area contributed by atoms with E-state index in [2.05, 4.69) is 97.4 Å². The minimum Gasteiger partial charge on any atom is -0.456 e. The molecular formula is C35H32N2O. The van der Waals surface area contributed by atoms with E-state index in [1.165, 1.54) is 54.5 Å². The molecule has 0 atom stereocenters. The summed E-state index contributed by atoms with van der Waals surface area (Å²) in [7, 11) is 0. The lowest BCUT2D eigenvalue weighted by Crippen LogP contribution is -2.08. The second-order valence-corrected chi connectivity index (χ2v) is 10.8. The number of aryl methyl sites for hydroxylation is 2. The Balaban J connectivity index is 1.39. The second-order valence-electron chi connectivity index (χ2n) is 10.8. The molecule has 0 unspecified atom stereocenters. The monoisotopic (exact) mass is 496 g/mol. The molecule has 0 radical (unpaired) electrons. The number of aromatic nitrogens is 2. The molecule has 3 heteroatoms. The van der Waals surface area contributed by atoms with Gasteiger partial charge in [0, 0.05) is 28.1 Å². The standard InChI is InChI=1S/C35H32N2O/c1-23-19-28(25-11-5-3-6-12-25)20-24(2)34(23)37-22-31(36-35(37)26-13-7-4-8-14-26)27-17-18-33-30(21-27)29-15-9-10-16-32(29)38-33/h4,7-10,13-22,25H,3,5-6,11-12H2,1-2H3. The van der Waals surface area contributed by atoms with Crippen LogP contribution in [0.2, 0.25) is 0 Å². The maximum absolute atomic E-state index is 6.08. The van der Waals surface area contributed by atoms with Crippen LogP contribution < -0.4 is 0 Å². The van der Waals surface area contributed by atoms with E-state index in [1.807, 2.05) is 12.1 Å². The molecule has 38 heavy (non-hydrogen) atoms. The van der Waals surface area contributed by atoms with Crippen molar-refractivity contribution in [2.75, 3.05) is 0 Å². The summed E-state index contributed by atoms with van der Waals surface area (Å²) in [6.07, 6.45) is 8.92. The number of nitrogens with zero attached hydrogens (tertiary/aromatic N) is 2.